The number of carbonyl (C=O) groups excluding carboxylic acids is 1. The molecule has 37 heavy (non-hydrogen) atoms. The molecule has 0 unspecified atom stereocenters. The summed E-state index contributed by atoms with van der Waals surface area (Å²) in [4.78, 5) is 14.7. The zero-order valence-corrected chi connectivity index (χ0v) is 22.7. The summed E-state index contributed by atoms with van der Waals surface area (Å²) in [7, 11) is 5.06. The van der Waals surface area contributed by atoms with E-state index in [0.29, 0.717) is 29.6 Å². The minimum Gasteiger partial charge on any atom is -0.493 e. The van der Waals surface area contributed by atoms with Gasteiger partial charge in [-0.05, 0) is 50.1 Å². The van der Waals surface area contributed by atoms with Crippen LogP contribution in [-0.2, 0) is 11.2 Å². The zero-order chi connectivity index (χ0) is 26.4. The lowest BCUT2D eigenvalue weighted by Crippen LogP contribution is -2.30. The fraction of sp³-hybridized carbons (Fsp3) is 0.276. The van der Waals surface area contributed by atoms with Crippen LogP contribution in [0.25, 0.3) is 17.1 Å². The van der Waals surface area contributed by atoms with Gasteiger partial charge in [-0.15, -0.1) is 10.2 Å². The summed E-state index contributed by atoms with van der Waals surface area (Å²) in [5.74, 6) is 2.42. The first kappa shape index (κ1) is 26.3. The molecule has 0 radical (unpaired) electrons. The normalized spacial score (nSPS) is 10.8. The quantitative estimate of drug-likeness (QED) is 0.264. The molecule has 7 nitrogen and oxygen atoms in total. The highest BCUT2D eigenvalue weighted by molar-refractivity contribution is 7.99. The molecule has 3 aromatic carbocycles. The lowest BCUT2D eigenvalue weighted by atomic mass is 10.1. The Morgan fingerprint density at radius 3 is 2.19 bits per heavy atom. The second-order valence-corrected chi connectivity index (χ2v) is 9.83. The fourth-order valence-corrected chi connectivity index (χ4v) is 4.77. The Morgan fingerprint density at radius 1 is 0.892 bits per heavy atom. The van der Waals surface area contributed by atoms with Crippen LogP contribution in [0, 0.1) is 13.8 Å². The van der Waals surface area contributed by atoms with Crippen LogP contribution in [0.15, 0.2) is 71.9 Å². The number of aryl methyl sites for hydroxylation is 2. The van der Waals surface area contributed by atoms with E-state index >= 15 is 0 Å². The van der Waals surface area contributed by atoms with Crippen LogP contribution in [0.2, 0.25) is 0 Å². The molecule has 0 bridgehead atoms. The average Bonchev–Trinajstić information content (AvgIpc) is 3.34. The van der Waals surface area contributed by atoms with E-state index in [4.69, 9.17) is 9.47 Å². The van der Waals surface area contributed by atoms with Crippen molar-refractivity contribution in [2.45, 2.75) is 25.4 Å². The van der Waals surface area contributed by atoms with Crippen LogP contribution in [-0.4, -0.2) is 59.1 Å². The van der Waals surface area contributed by atoms with Crippen molar-refractivity contribution in [3.05, 3.63) is 83.4 Å². The predicted molar refractivity (Wildman–Crippen MR) is 148 cm³/mol. The minimum atomic E-state index is 0.0285. The number of thioether (sulfide) groups is 1. The van der Waals surface area contributed by atoms with E-state index in [-0.39, 0.29) is 11.7 Å². The van der Waals surface area contributed by atoms with Crippen molar-refractivity contribution in [3.8, 4) is 28.6 Å². The molecule has 4 rings (SSSR count). The van der Waals surface area contributed by atoms with Gasteiger partial charge in [0.05, 0.1) is 20.0 Å². The fourth-order valence-electron chi connectivity index (χ4n) is 3.87. The smallest absolute Gasteiger partial charge is 0.232 e. The number of ether oxygens (including phenoxy) is 2. The minimum absolute atomic E-state index is 0.0285. The van der Waals surface area contributed by atoms with E-state index in [0.717, 1.165) is 22.6 Å². The van der Waals surface area contributed by atoms with E-state index in [2.05, 4.69) is 60.4 Å². The van der Waals surface area contributed by atoms with Crippen molar-refractivity contribution in [2.24, 2.45) is 0 Å². The van der Waals surface area contributed by atoms with Gasteiger partial charge in [0.1, 0.15) is 0 Å². The molecule has 0 fully saturated rings. The Kier molecular flexibility index (Phi) is 8.50. The van der Waals surface area contributed by atoms with E-state index in [9.17, 15) is 4.79 Å². The third-order valence-electron chi connectivity index (χ3n) is 6.17. The summed E-state index contributed by atoms with van der Waals surface area (Å²) in [6.45, 7) is 4.71. The topological polar surface area (TPSA) is 69.5 Å². The van der Waals surface area contributed by atoms with Gasteiger partial charge in [-0.3, -0.25) is 9.36 Å². The Bertz CT molecular complexity index is 1350. The molecule has 0 saturated carbocycles. The molecule has 0 aliphatic carbocycles. The number of aromatic nitrogens is 3. The Morgan fingerprint density at radius 2 is 1.54 bits per heavy atom. The summed E-state index contributed by atoms with van der Waals surface area (Å²) < 4.78 is 12.7. The van der Waals surface area contributed by atoms with Crippen LogP contribution in [0.5, 0.6) is 11.5 Å². The Labute approximate surface area is 222 Å². The first-order valence-electron chi connectivity index (χ1n) is 12.1. The van der Waals surface area contributed by atoms with Gasteiger partial charge in [-0.2, -0.15) is 0 Å². The third-order valence-corrected chi connectivity index (χ3v) is 7.08. The van der Waals surface area contributed by atoms with Crippen molar-refractivity contribution < 1.29 is 14.3 Å². The summed E-state index contributed by atoms with van der Waals surface area (Å²) >= 11 is 1.40. The largest absolute Gasteiger partial charge is 0.493 e. The number of methoxy groups -OCH3 is 2. The maximum Gasteiger partial charge on any atom is 0.232 e. The van der Waals surface area contributed by atoms with Crippen molar-refractivity contribution >= 4 is 17.7 Å². The number of rotatable bonds is 10. The molecule has 8 heteroatoms. The van der Waals surface area contributed by atoms with Gasteiger partial charge in [0.25, 0.3) is 0 Å². The van der Waals surface area contributed by atoms with Gasteiger partial charge < -0.3 is 14.4 Å². The van der Waals surface area contributed by atoms with Gasteiger partial charge in [-0.1, -0.05) is 65.4 Å². The summed E-state index contributed by atoms with van der Waals surface area (Å²) in [5.41, 5.74) is 5.37. The Balaban J connectivity index is 1.47. The maximum absolute atomic E-state index is 13.0. The monoisotopic (exact) mass is 516 g/mol. The molecule has 0 saturated heterocycles. The molecule has 1 heterocycles. The highest BCUT2D eigenvalue weighted by atomic mass is 32.2. The van der Waals surface area contributed by atoms with E-state index in [1.807, 2.05) is 41.9 Å². The van der Waals surface area contributed by atoms with E-state index < -0.39 is 0 Å². The van der Waals surface area contributed by atoms with Gasteiger partial charge in [0.15, 0.2) is 22.5 Å². The molecule has 0 aliphatic heterocycles. The third kappa shape index (κ3) is 6.32. The first-order valence-corrected chi connectivity index (χ1v) is 13.1. The van der Waals surface area contributed by atoms with Gasteiger partial charge in [0, 0.05) is 24.8 Å². The molecule has 0 spiro atoms. The highest BCUT2D eigenvalue weighted by Crippen LogP contribution is 2.29. The van der Waals surface area contributed by atoms with Crippen molar-refractivity contribution in [1.29, 1.82) is 0 Å². The van der Waals surface area contributed by atoms with Crippen LogP contribution >= 0.6 is 11.8 Å². The average molecular weight is 517 g/mol. The summed E-state index contributed by atoms with van der Waals surface area (Å²) in [6.07, 6.45) is 0.713. The van der Waals surface area contributed by atoms with Gasteiger partial charge in [0.2, 0.25) is 5.91 Å². The number of benzene rings is 3. The standard InChI is InChI=1S/C29H32N4O3S/c1-20-6-11-23(12-7-20)28-30-31-29(33(28)24-13-8-21(2)9-14-24)37-19-27(34)32(3)17-16-22-10-15-25(35-4)26(18-22)36-5/h6-15,18H,16-17,19H2,1-5H3. The Hall–Kier alpha value is -3.78. The van der Waals surface area contributed by atoms with Gasteiger partial charge in [-0.25, -0.2) is 0 Å². The maximum atomic E-state index is 13.0. The molecular formula is C29H32N4O3S. The molecule has 0 N–H and O–H groups in total. The SMILES string of the molecule is COc1ccc(CCN(C)C(=O)CSc2nnc(-c3ccc(C)cc3)n2-c2ccc(C)cc2)cc1OC. The number of nitrogens with zero attached hydrogens (tertiary/aromatic N) is 4. The van der Waals surface area contributed by atoms with Crippen molar-refractivity contribution in [1.82, 2.24) is 19.7 Å². The number of hydrogen-bond acceptors (Lipinski definition) is 6. The molecule has 1 aromatic heterocycles. The molecule has 4 aromatic rings. The lowest BCUT2D eigenvalue weighted by molar-refractivity contribution is -0.127. The van der Waals surface area contributed by atoms with Crippen LogP contribution < -0.4 is 9.47 Å². The zero-order valence-electron chi connectivity index (χ0n) is 21.9. The number of amides is 1. The molecular weight excluding hydrogens is 484 g/mol. The lowest BCUT2D eigenvalue weighted by Gasteiger charge is -2.18. The first-order chi connectivity index (χ1) is 17.9. The van der Waals surface area contributed by atoms with Crippen molar-refractivity contribution in [3.63, 3.8) is 0 Å². The van der Waals surface area contributed by atoms with Crippen LogP contribution in [0.1, 0.15) is 16.7 Å². The van der Waals surface area contributed by atoms with E-state index in [1.54, 1.807) is 19.1 Å². The predicted octanol–water partition coefficient (Wildman–Crippen LogP) is 5.36. The number of carbonyl (C=O) groups is 1. The molecule has 0 aliphatic rings. The number of hydrogen-bond donors (Lipinski definition) is 0. The second-order valence-electron chi connectivity index (χ2n) is 8.89. The highest BCUT2D eigenvalue weighted by Gasteiger charge is 2.18. The van der Waals surface area contributed by atoms with Crippen LogP contribution in [0.3, 0.4) is 0 Å². The van der Waals surface area contributed by atoms with Gasteiger partial charge >= 0.3 is 0 Å². The van der Waals surface area contributed by atoms with E-state index in [1.165, 1.54) is 22.9 Å². The molecule has 192 valence electrons. The van der Waals surface area contributed by atoms with Crippen LogP contribution in [0.4, 0.5) is 0 Å². The number of likely N-dealkylation sites (N-methyl/N-ethyl adjacent to an activating group) is 1. The molecule has 1 amide bonds. The summed E-state index contributed by atoms with van der Waals surface area (Å²) in [5, 5.41) is 9.62. The summed E-state index contributed by atoms with van der Waals surface area (Å²) in [6, 6.07) is 22.3. The van der Waals surface area contributed by atoms with Crippen molar-refractivity contribution in [2.75, 3.05) is 33.6 Å². The second kappa shape index (κ2) is 12.0. The molecule has 0 atom stereocenters.